The van der Waals surface area contributed by atoms with Gasteiger partial charge in [-0.25, -0.2) is 4.39 Å². The standard InChI is InChI=1S/C25H27FN2O3/c26-22-15-18(25(27)29)5-8-24(22)31-23-7-6-19(20-3-1-2-4-21(20)23)16-28-12-9-17-10-13-30-14-11-17/h1-8,15,17,28H,9-14,16H2,(H2,27,29). The lowest BCUT2D eigenvalue weighted by Crippen LogP contribution is -2.22. The predicted octanol–water partition coefficient (Wildman–Crippen LogP) is 4.78. The molecule has 0 aromatic heterocycles. The summed E-state index contributed by atoms with van der Waals surface area (Å²) < 4.78 is 25.7. The summed E-state index contributed by atoms with van der Waals surface area (Å²) in [6.07, 6.45) is 3.45. The highest BCUT2D eigenvalue weighted by molar-refractivity contribution is 5.93. The summed E-state index contributed by atoms with van der Waals surface area (Å²) >= 11 is 0. The average molecular weight is 423 g/mol. The lowest BCUT2D eigenvalue weighted by molar-refractivity contribution is 0.0639. The fraction of sp³-hybridized carbons (Fsp3) is 0.320. The minimum Gasteiger partial charge on any atom is -0.454 e. The lowest BCUT2D eigenvalue weighted by Gasteiger charge is -2.22. The third-order valence-electron chi connectivity index (χ3n) is 5.80. The molecule has 1 amide bonds. The number of rotatable bonds is 8. The van der Waals surface area contributed by atoms with Gasteiger partial charge in [0.05, 0.1) is 0 Å². The summed E-state index contributed by atoms with van der Waals surface area (Å²) in [7, 11) is 0. The van der Waals surface area contributed by atoms with Gasteiger partial charge in [-0.1, -0.05) is 30.3 Å². The van der Waals surface area contributed by atoms with Crippen LogP contribution in [0.25, 0.3) is 10.8 Å². The van der Waals surface area contributed by atoms with Crippen molar-refractivity contribution in [1.29, 1.82) is 0 Å². The second-order valence-electron chi connectivity index (χ2n) is 7.90. The molecular formula is C25H27FN2O3. The minimum absolute atomic E-state index is 0.0532. The molecule has 4 rings (SSSR count). The van der Waals surface area contributed by atoms with Crippen LogP contribution in [0.1, 0.15) is 35.2 Å². The number of halogens is 1. The average Bonchev–Trinajstić information content (AvgIpc) is 2.79. The van der Waals surface area contributed by atoms with E-state index >= 15 is 0 Å². The number of fused-ring (bicyclic) bond motifs is 1. The number of nitrogens with two attached hydrogens (primary N) is 1. The van der Waals surface area contributed by atoms with E-state index in [0.717, 1.165) is 68.3 Å². The van der Waals surface area contributed by atoms with E-state index in [4.69, 9.17) is 15.2 Å². The fourth-order valence-electron chi connectivity index (χ4n) is 4.00. The highest BCUT2D eigenvalue weighted by atomic mass is 19.1. The number of nitrogens with one attached hydrogen (secondary N) is 1. The van der Waals surface area contributed by atoms with E-state index < -0.39 is 11.7 Å². The maximum Gasteiger partial charge on any atom is 0.248 e. The monoisotopic (exact) mass is 422 g/mol. The zero-order chi connectivity index (χ0) is 21.6. The molecule has 0 saturated carbocycles. The van der Waals surface area contributed by atoms with Crippen molar-refractivity contribution in [2.24, 2.45) is 11.7 Å². The number of hydrogen-bond donors (Lipinski definition) is 2. The van der Waals surface area contributed by atoms with Crippen molar-refractivity contribution < 1.29 is 18.7 Å². The summed E-state index contributed by atoms with van der Waals surface area (Å²) in [6.45, 7) is 3.48. The van der Waals surface area contributed by atoms with Crippen LogP contribution in [0.2, 0.25) is 0 Å². The lowest BCUT2D eigenvalue weighted by atomic mass is 9.96. The van der Waals surface area contributed by atoms with Crippen LogP contribution in [0.5, 0.6) is 11.5 Å². The molecule has 0 atom stereocenters. The van der Waals surface area contributed by atoms with E-state index in [9.17, 15) is 9.18 Å². The van der Waals surface area contributed by atoms with Gasteiger partial charge >= 0.3 is 0 Å². The number of carbonyl (C=O) groups excluding carboxylic acids is 1. The SMILES string of the molecule is NC(=O)c1ccc(Oc2ccc(CNCCC3CCOCC3)c3ccccc23)c(F)c1. The van der Waals surface area contributed by atoms with Crippen LogP contribution in [0, 0.1) is 11.7 Å². The van der Waals surface area contributed by atoms with Gasteiger partial charge in [-0.2, -0.15) is 0 Å². The molecule has 1 aliphatic rings. The normalized spacial score (nSPS) is 14.6. The molecule has 0 spiro atoms. The molecule has 6 heteroatoms. The molecule has 0 radical (unpaired) electrons. The fourth-order valence-corrected chi connectivity index (χ4v) is 4.00. The van der Waals surface area contributed by atoms with Crippen molar-refractivity contribution >= 4 is 16.7 Å². The minimum atomic E-state index is -0.676. The Morgan fingerprint density at radius 1 is 1.06 bits per heavy atom. The molecule has 1 aliphatic heterocycles. The summed E-state index contributed by atoms with van der Waals surface area (Å²) in [6, 6.07) is 15.8. The Bertz CT molecular complexity index is 1060. The summed E-state index contributed by atoms with van der Waals surface area (Å²) in [5, 5.41) is 5.52. The molecule has 1 heterocycles. The maximum absolute atomic E-state index is 14.4. The van der Waals surface area contributed by atoms with Crippen molar-refractivity contribution in [3.05, 3.63) is 71.5 Å². The Morgan fingerprint density at radius 2 is 1.81 bits per heavy atom. The summed E-state index contributed by atoms with van der Waals surface area (Å²) in [5.74, 6) is 0.0539. The smallest absolute Gasteiger partial charge is 0.248 e. The van der Waals surface area contributed by atoms with Crippen LogP contribution < -0.4 is 15.8 Å². The Hall–Kier alpha value is -2.96. The van der Waals surface area contributed by atoms with E-state index in [2.05, 4.69) is 5.32 Å². The number of hydrogen-bond acceptors (Lipinski definition) is 4. The van der Waals surface area contributed by atoms with Gasteiger partial charge in [-0.15, -0.1) is 0 Å². The summed E-state index contributed by atoms with van der Waals surface area (Å²) in [4.78, 5) is 11.2. The van der Waals surface area contributed by atoms with Crippen LogP contribution in [0.15, 0.2) is 54.6 Å². The highest BCUT2D eigenvalue weighted by Gasteiger charge is 2.14. The molecule has 31 heavy (non-hydrogen) atoms. The second-order valence-corrected chi connectivity index (χ2v) is 7.90. The third kappa shape index (κ3) is 5.21. The molecule has 1 fully saturated rings. The van der Waals surface area contributed by atoms with Gasteiger partial charge in [0.1, 0.15) is 5.75 Å². The zero-order valence-corrected chi connectivity index (χ0v) is 17.4. The first-order valence-electron chi connectivity index (χ1n) is 10.7. The number of primary amides is 1. The highest BCUT2D eigenvalue weighted by Crippen LogP contribution is 2.33. The van der Waals surface area contributed by atoms with Crippen LogP contribution in [0.4, 0.5) is 4.39 Å². The summed E-state index contributed by atoms with van der Waals surface area (Å²) in [5.41, 5.74) is 6.49. The van der Waals surface area contributed by atoms with Crippen LogP contribution in [-0.2, 0) is 11.3 Å². The first-order chi connectivity index (χ1) is 15.1. The maximum atomic E-state index is 14.4. The van der Waals surface area contributed by atoms with Crippen molar-refractivity contribution in [3.8, 4) is 11.5 Å². The first kappa shape index (κ1) is 21.3. The van der Waals surface area contributed by atoms with Gasteiger partial charge in [0, 0.05) is 30.7 Å². The van der Waals surface area contributed by atoms with Crippen LogP contribution >= 0.6 is 0 Å². The van der Waals surface area contributed by atoms with E-state index in [1.165, 1.54) is 17.7 Å². The molecule has 162 valence electrons. The van der Waals surface area contributed by atoms with E-state index in [1.54, 1.807) is 0 Å². The Kier molecular flexibility index (Phi) is 6.79. The first-order valence-corrected chi connectivity index (χ1v) is 10.7. The quantitative estimate of drug-likeness (QED) is 0.513. The van der Waals surface area contributed by atoms with Crippen LogP contribution in [-0.4, -0.2) is 25.7 Å². The molecule has 0 bridgehead atoms. The van der Waals surface area contributed by atoms with Crippen molar-refractivity contribution in [2.45, 2.75) is 25.8 Å². The Balaban J connectivity index is 1.47. The van der Waals surface area contributed by atoms with Crippen molar-refractivity contribution in [3.63, 3.8) is 0 Å². The van der Waals surface area contributed by atoms with Gasteiger partial charge in [-0.05, 0) is 66.9 Å². The molecular weight excluding hydrogens is 395 g/mol. The zero-order valence-electron chi connectivity index (χ0n) is 17.4. The van der Waals surface area contributed by atoms with E-state index in [1.807, 2.05) is 36.4 Å². The molecule has 0 unspecified atom stereocenters. The molecule has 3 aromatic rings. The van der Waals surface area contributed by atoms with Crippen molar-refractivity contribution in [1.82, 2.24) is 5.32 Å². The Morgan fingerprint density at radius 3 is 2.55 bits per heavy atom. The number of amides is 1. The molecule has 1 saturated heterocycles. The second kappa shape index (κ2) is 9.90. The molecule has 0 aliphatic carbocycles. The number of carbonyl (C=O) groups is 1. The van der Waals surface area contributed by atoms with Crippen LogP contribution in [0.3, 0.4) is 0 Å². The van der Waals surface area contributed by atoms with Gasteiger partial charge in [-0.3, -0.25) is 4.79 Å². The molecule has 5 nitrogen and oxygen atoms in total. The number of ether oxygens (including phenoxy) is 2. The predicted molar refractivity (Wildman–Crippen MR) is 119 cm³/mol. The van der Waals surface area contributed by atoms with E-state index in [0.29, 0.717) is 5.75 Å². The number of benzene rings is 3. The molecule has 3 N–H and O–H groups in total. The van der Waals surface area contributed by atoms with Gasteiger partial charge in [0.2, 0.25) is 5.91 Å². The topological polar surface area (TPSA) is 73.6 Å². The largest absolute Gasteiger partial charge is 0.454 e. The van der Waals surface area contributed by atoms with E-state index in [-0.39, 0.29) is 11.3 Å². The molecule has 3 aromatic carbocycles. The third-order valence-corrected chi connectivity index (χ3v) is 5.80. The Labute approximate surface area is 181 Å². The van der Waals surface area contributed by atoms with Gasteiger partial charge < -0.3 is 20.5 Å². The van der Waals surface area contributed by atoms with Gasteiger partial charge in [0.15, 0.2) is 11.6 Å². The van der Waals surface area contributed by atoms with Gasteiger partial charge in [0.25, 0.3) is 0 Å². The van der Waals surface area contributed by atoms with Crippen molar-refractivity contribution in [2.75, 3.05) is 19.8 Å².